The highest BCUT2D eigenvalue weighted by Gasteiger charge is 2.28. The summed E-state index contributed by atoms with van der Waals surface area (Å²) in [6.45, 7) is 4.06. The Morgan fingerprint density at radius 1 is 1.50 bits per heavy atom. The lowest BCUT2D eigenvalue weighted by molar-refractivity contribution is 0.567. The molecule has 0 amide bonds. The summed E-state index contributed by atoms with van der Waals surface area (Å²) in [5.74, 6) is 0.468. The molecule has 0 spiro atoms. The molecule has 1 nitrogen and oxygen atoms in total. The predicted molar refractivity (Wildman–Crippen MR) is 58.0 cm³/mol. The smallest absolute Gasteiger partial charge is 0.213 e. The number of halogens is 2. The van der Waals surface area contributed by atoms with Crippen LogP contribution in [-0.2, 0) is 0 Å². The SMILES string of the molecule is CC(C)c1nc(F)cc(C2CC2)c1Br. The Balaban J connectivity index is 2.49. The Morgan fingerprint density at radius 2 is 2.14 bits per heavy atom. The standard InChI is InChI=1S/C11H13BrFN/c1-6(2)11-10(12)8(7-3-4-7)5-9(13)14-11/h5-7H,3-4H2,1-2H3. The van der Waals surface area contributed by atoms with E-state index in [1.54, 1.807) is 6.07 Å². The second kappa shape index (κ2) is 3.61. The van der Waals surface area contributed by atoms with E-state index in [-0.39, 0.29) is 11.9 Å². The third kappa shape index (κ3) is 1.83. The fourth-order valence-corrected chi connectivity index (χ4v) is 2.59. The molecule has 0 saturated heterocycles. The molecule has 3 heteroatoms. The molecule has 0 N–H and O–H groups in total. The maximum atomic E-state index is 13.2. The molecule has 0 radical (unpaired) electrons. The monoisotopic (exact) mass is 257 g/mol. The molecule has 0 atom stereocenters. The summed E-state index contributed by atoms with van der Waals surface area (Å²) in [6, 6.07) is 1.56. The van der Waals surface area contributed by atoms with Gasteiger partial charge in [0, 0.05) is 4.47 Å². The number of nitrogens with zero attached hydrogens (tertiary/aromatic N) is 1. The van der Waals surface area contributed by atoms with Crippen LogP contribution in [0.15, 0.2) is 10.5 Å². The third-order valence-corrected chi connectivity index (χ3v) is 3.41. The van der Waals surface area contributed by atoms with E-state index in [4.69, 9.17) is 0 Å². The second-order valence-corrected chi connectivity index (χ2v) is 4.96. The molecule has 1 fully saturated rings. The van der Waals surface area contributed by atoms with Gasteiger partial charge in [-0.15, -0.1) is 0 Å². The summed E-state index contributed by atoms with van der Waals surface area (Å²) in [6.07, 6.45) is 2.36. The predicted octanol–water partition coefficient (Wildman–Crippen LogP) is 3.98. The van der Waals surface area contributed by atoms with Crippen molar-refractivity contribution in [1.82, 2.24) is 4.98 Å². The van der Waals surface area contributed by atoms with Crippen LogP contribution in [0, 0.1) is 5.95 Å². The van der Waals surface area contributed by atoms with Gasteiger partial charge in [0.15, 0.2) is 0 Å². The lowest BCUT2D eigenvalue weighted by Gasteiger charge is -2.11. The first-order chi connectivity index (χ1) is 6.59. The molecule has 1 aliphatic rings. The molecule has 14 heavy (non-hydrogen) atoms. The highest BCUT2D eigenvalue weighted by Crippen LogP contribution is 2.44. The number of hydrogen-bond acceptors (Lipinski definition) is 1. The maximum absolute atomic E-state index is 13.2. The van der Waals surface area contributed by atoms with Crippen LogP contribution in [-0.4, -0.2) is 4.98 Å². The van der Waals surface area contributed by atoms with Crippen molar-refractivity contribution in [1.29, 1.82) is 0 Å². The van der Waals surface area contributed by atoms with Crippen LogP contribution in [0.2, 0.25) is 0 Å². The molecular formula is C11H13BrFN. The molecule has 1 aromatic heterocycles. The van der Waals surface area contributed by atoms with Gasteiger partial charge < -0.3 is 0 Å². The van der Waals surface area contributed by atoms with Crippen molar-refractivity contribution < 1.29 is 4.39 Å². The summed E-state index contributed by atoms with van der Waals surface area (Å²) in [5.41, 5.74) is 1.94. The van der Waals surface area contributed by atoms with Crippen molar-refractivity contribution in [3.8, 4) is 0 Å². The van der Waals surface area contributed by atoms with E-state index in [0.29, 0.717) is 5.92 Å². The van der Waals surface area contributed by atoms with Crippen LogP contribution >= 0.6 is 15.9 Å². The van der Waals surface area contributed by atoms with Crippen LogP contribution in [0.4, 0.5) is 4.39 Å². The molecule has 1 aromatic rings. The quantitative estimate of drug-likeness (QED) is 0.731. The van der Waals surface area contributed by atoms with Crippen molar-refractivity contribution >= 4 is 15.9 Å². The first kappa shape index (κ1) is 10.1. The van der Waals surface area contributed by atoms with Crippen LogP contribution in [0.25, 0.3) is 0 Å². The molecule has 0 aromatic carbocycles. The Morgan fingerprint density at radius 3 is 2.64 bits per heavy atom. The summed E-state index contributed by atoms with van der Waals surface area (Å²) >= 11 is 3.53. The van der Waals surface area contributed by atoms with Gasteiger partial charge >= 0.3 is 0 Å². The fourth-order valence-electron chi connectivity index (χ4n) is 1.61. The molecule has 1 aliphatic carbocycles. The van der Waals surface area contributed by atoms with Gasteiger partial charge in [0.25, 0.3) is 0 Å². The molecule has 0 aliphatic heterocycles. The summed E-state index contributed by atoms with van der Waals surface area (Å²) in [4.78, 5) is 3.93. The fraction of sp³-hybridized carbons (Fsp3) is 0.545. The van der Waals surface area contributed by atoms with E-state index in [1.807, 2.05) is 13.8 Å². The van der Waals surface area contributed by atoms with Gasteiger partial charge in [0.05, 0.1) is 5.69 Å². The molecule has 76 valence electrons. The van der Waals surface area contributed by atoms with Gasteiger partial charge in [0.1, 0.15) is 0 Å². The van der Waals surface area contributed by atoms with E-state index in [1.165, 1.54) is 12.8 Å². The number of aromatic nitrogens is 1. The van der Waals surface area contributed by atoms with E-state index in [2.05, 4.69) is 20.9 Å². The van der Waals surface area contributed by atoms with Crippen molar-refractivity contribution in [2.75, 3.05) is 0 Å². The van der Waals surface area contributed by atoms with Gasteiger partial charge in [0.2, 0.25) is 5.95 Å². The zero-order valence-electron chi connectivity index (χ0n) is 8.35. The van der Waals surface area contributed by atoms with Crippen LogP contribution in [0.5, 0.6) is 0 Å². The maximum Gasteiger partial charge on any atom is 0.213 e. The number of hydrogen-bond donors (Lipinski definition) is 0. The summed E-state index contributed by atoms with van der Waals surface area (Å²) in [5, 5.41) is 0. The third-order valence-electron chi connectivity index (χ3n) is 2.54. The molecule has 0 bridgehead atoms. The van der Waals surface area contributed by atoms with Crippen LogP contribution in [0.1, 0.15) is 49.8 Å². The Bertz CT molecular complexity index is 335. The van der Waals surface area contributed by atoms with E-state index >= 15 is 0 Å². The summed E-state index contributed by atoms with van der Waals surface area (Å²) in [7, 11) is 0. The number of pyridine rings is 1. The highest BCUT2D eigenvalue weighted by atomic mass is 79.9. The first-order valence-corrected chi connectivity index (χ1v) is 5.74. The van der Waals surface area contributed by atoms with Crippen molar-refractivity contribution in [2.45, 2.75) is 38.5 Å². The largest absolute Gasteiger partial charge is 0.223 e. The number of rotatable bonds is 2. The van der Waals surface area contributed by atoms with Gasteiger partial charge in [-0.05, 0) is 52.2 Å². The van der Waals surface area contributed by atoms with Gasteiger partial charge in [-0.3, -0.25) is 0 Å². The minimum atomic E-state index is -0.348. The normalized spacial score (nSPS) is 16.4. The second-order valence-electron chi connectivity index (χ2n) is 4.16. The van der Waals surface area contributed by atoms with E-state index in [9.17, 15) is 4.39 Å². The molecular weight excluding hydrogens is 245 g/mol. The molecule has 0 unspecified atom stereocenters. The Labute approximate surface area is 91.9 Å². The van der Waals surface area contributed by atoms with Gasteiger partial charge in [-0.25, -0.2) is 4.98 Å². The minimum Gasteiger partial charge on any atom is -0.223 e. The van der Waals surface area contributed by atoms with E-state index < -0.39 is 0 Å². The van der Waals surface area contributed by atoms with E-state index in [0.717, 1.165) is 15.7 Å². The minimum absolute atomic E-state index is 0.262. The lowest BCUT2D eigenvalue weighted by Crippen LogP contribution is -2.00. The van der Waals surface area contributed by atoms with Gasteiger partial charge in [-0.1, -0.05) is 13.8 Å². The average molecular weight is 258 g/mol. The van der Waals surface area contributed by atoms with Crippen LogP contribution in [0.3, 0.4) is 0 Å². The topological polar surface area (TPSA) is 12.9 Å². The highest BCUT2D eigenvalue weighted by molar-refractivity contribution is 9.10. The zero-order valence-corrected chi connectivity index (χ0v) is 9.94. The van der Waals surface area contributed by atoms with Crippen molar-refractivity contribution in [3.05, 3.63) is 27.7 Å². The van der Waals surface area contributed by atoms with Crippen molar-refractivity contribution in [3.63, 3.8) is 0 Å². The van der Waals surface area contributed by atoms with Gasteiger partial charge in [-0.2, -0.15) is 4.39 Å². The van der Waals surface area contributed by atoms with Crippen molar-refractivity contribution in [2.24, 2.45) is 0 Å². The Hall–Kier alpha value is -0.440. The first-order valence-electron chi connectivity index (χ1n) is 4.95. The molecule has 1 saturated carbocycles. The Kier molecular flexibility index (Phi) is 2.60. The zero-order chi connectivity index (χ0) is 10.3. The molecule has 2 rings (SSSR count). The molecule has 1 heterocycles. The van der Waals surface area contributed by atoms with Crippen LogP contribution < -0.4 is 0 Å². The summed E-state index contributed by atoms with van der Waals surface area (Å²) < 4.78 is 14.2. The average Bonchev–Trinajstić information content (AvgIpc) is 2.91. The lowest BCUT2D eigenvalue weighted by atomic mass is 10.1.